The maximum atomic E-state index is 6.13. The highest BCUT2D eigenvalue weighted by Gasteiger charge is 2.06. The molecule has 3 nitrogen and oxygen atoms in total. The minimum absolute atomic E-state index is 0.721. The van der Waals surface area contributed by atoms with E-state index < -0.39 is 0 Å². The predicted octanol–water partition coefficient (Wildman–Crippen LogP) is 3.25. The van der Waals surface area contributed by atoms with Crippen LogP contribution in [0.3, 0.4) is 0 Å². The van der Waals surface area contributed by atoms with Crippen molar-refractivity contribution in [3.8, 4) is 0 Å². The molecule has 100 valence electrons. The fraction of sp³-hybridized carbons (Fsp3) is 0.500. The molecule has 0 atom stereocenters. The van der Waals surface area contributed by atoms with Crippen LogP contribution in [-0.4, -0.2) is 25.1 Å². The highest BCUT2D eigenvalue weighted by atomic mass is 35.5. The number of nitrogens with one attached hydrogen (secondary N) is 1. The Morgan fingerprint density at radius 1 is 1.56 bits per heavy atom. The van der Waals surface area contributed by atoms with Crippen molar-refractivity contribution in [2.75, 3.05) is 25.0 Å². The van der Waals surface area contributed by atoms with Gasteiger partial charge in [-0.2, -0.15) is 0 Å². The molecule has 0 amide bonds. The van der Waals surface area contributed by atoms with E-state index in [2.05, 4.69) is 41.8 Å². The smallest absolute Gasteiger partial charge is 0.128 e. The summed E-state index contributed by atoms with van der Waals surface area (Å²) in [5.41, 5.74) is 1.10. The van der Waals surface area contributed by atoms with Gasteiger partial charge in [0.15, 0.2) is 0 Å². The van der Waals surface area contributed by atoms with Crippen LogP contribution in [0.5, 0.6) is 0 Å². The van der Waals surface area contributed by atoms with E-state index >= 15 is 0 Å². The van der Waals surface area contributed by atoms with E-state index in [-0.39, 0.29) is 0 Å². The lowest BCUT2D eigenvalue weighted by atomic mass is 10.2. The number of allylic oxidation sites excluding steroid dienone is 1. The molecule has 1 heterocycles. The molecule has 0 unspecified atom stereocenters. The van der Waals surface area contributed by atoms with Gasteiger partial charge in [0.1, 0.15) is 5.82 Å². The molecule has 1 N–H and O–H groups in total. The SMILES string of the molecule is C=CCCCN(C)c1cc(CNCC)c(Cl)cn1. The standard InChI is InChI=1S/C14H22ClN3/c1-4-6-7-8-18(3)14-9-12(10-16-5-2)13(15)11-17-14/h4,9,11,16H,1,5-8,10H2,2-3H3. The molecule has 0 radical (unpaired) electrons. The molecule has 0 saturated carbocycles. The molecule has 1 aromatic heterocycles. The number of hydrogen-bond acceptors (Lipinski definition) is 3. The van der Waals surface area contributed by atoms with Crippen molar-refractivity contribution in [3.63, 3.8) is 0 Å². The minimum atomic E-state index is 0.721. The van der Waals surface area contributed by atoms with Crippen LogP contribution in [0.4, 0.5) is 5.82 Å². The highest BCUT2D eigenvalue weighted by Crippen LogP contribution is 2.20. The summed E-state index contributed by atoms with van der Waals surface area (Å²) in [6, 6.07) is 2.05. The highest BCUT2D eigenvalue weighted by molar-refractivity contribution is 6.31. The summed E-state index contributed by atoms with van der Waals surface area (Å²) in [5.74, 6) is 0.969. The molecular weight excluding hydrogens is 246 g/mol. The van der Waals surface area contributed by atoms with Crippen LogP contribution in [-0.2, 0) is 6.54 Å². The normalized spacial score (nSPS) is 10.4. The van der Waals surface area contributed by atoms with E-state index in [0.29, 0.717) is 0 Å². The first-order chi connectivity index (χ1) is 8.69. The Kier molecular flexibility index (Phi) is 6.76. The lowest BCUT2D eigenvalue weighted by Crippen LogP contribution is -2.20. The third kappa shape index (κ3) is 4.67. The van der Waals surface area contributed by atoms with E-state index in [4.69, 9.17) is 11.6 Å². The van der Waals surface area contributed by atoms with Gasteiger partial charge in [0.05, 0.1) is 5.02 Å². The van der Waals surface area contributed by atoms with Gasteiger partial charge in [0, 0.05) is 26.3 Å². The Morgan fingerprint density at radius 2 is 2.33 bits per heavy atom. The molecule has 0 aliphatic carbocycles. The number of hydrogen-bond donors (Lipinski definition) is 1. The molecule has 0 aromatic carbocycles. The average molecular weight is 268 g/mol. The summed E-state index contributed by atoms with van der Waals surface area (Å²) >= 11 is 6.13. The maximum Gasteiger partial charge on any atom is 0.128 e. The third-order valence-corrected chi connectivity index (χ3v) is 3.12. The van der Waals surface area contributed by atoms with Gasteiger partial charge in [-0.1, -0.05) is 24.6 Å². The predicted molar refractivity (Wildman–Crippen MR) is 79.3 cm³/mol. The van der Waals surface area contributed by atoms with Gasteiger partial charge in [-0.05, 0) is 31.0 Å². The Labute approximate surface area is 115 Å². The third-order valence-electron chi connectivity index (χ3n) is 2.78. The zero-order valence-electron chi connectivity index (χ0n) is 11.2. The second-order valence-corrected chi connectivity index (χ2v) is 4.67. The first-order valence-corrected chi connectivity index (χ1v) is 6.74. The van der Waals surface area contributed by atoms with E-state index in [1.807, 2.05) is 6.08 Å². The van der Waals surface area contributed by atoms with Crippen molar-refractivity contribution in [2.24, 2.45) is 0 Å². The number of halogens is 1. The van der Waals surface area contributed by atoms with Crippen molar-refractivity contribution in [1.82, 2.24) is 10.3 Å². The van der Waals surface area contributed by atoms with Gasteiger partial charge in [-0.15, -0.1) is 6.58 Å². The molecule has 0 spiro atoms. The van der Waals surface area contributed by atoms with Crippen molar-refractivity contribution in [2.45, 2.75) is 26.3 Å². The number of nitrogens with zero attached hydrogens (tertiary/aromatic N) is 2. The van der Waals surface area contributed by atoms with Crippen molar-refractivity contribution < 1.29 is 0 Å². The van der Waals surface area contributed by atoms with Crippen LogP contribution < -0.4 is 10.2 Å². The summed E-state index contributed by atoms with van der Waals surface area (Å²) in [4.78, 5) is 6.51. The van der Waals surface area contributed by atoms with E-state index in [1.165, 1.54) is 0 Å². The maximum absolute atomic E-state index is 6.13. The Morgan fingerprint density at radius 3 is 3.00 bits per heavy atom. The number of unbranched alkanes of at least 4 members (excludes halogenated alkanes) is 1. The summed E-state index contributed by atoms with van der Waals surface area (Å²) in [6.45, 7) is 8.50. The van der Waals surface area contributed by atoms with Gasteiger partial charge < -0.3 is 10.2 Å². The van der Waals surface area contributed by atoms with E-state index in [9.17, 15) is 0 Å². The second-order valence-electron chi connectivity index (χ2n) is 4.27. The number of anilines is 1. The van der Waals surface area contributed by atoms with Crippen LogP contribution in [0.2, 0.25) is 5.02 Å². The molecule has 0 bridgehead atoms. The summed E-state index contributed by atoms with van der Waals surface area (Å²) in [5, 5.41) is 4.00. The Bertz CT molecular complexity index is 379. The van der Waals surface area contributed by atoms with Gasteiger partial charge >= 0.3 is 0 Å². The molecule has 1 rings (SSSR count). The minimum Gasteiger partial charge on any atom is -0.360 e. The summed E-state index contributed by atoms with van der Waals surface area (Å²) in [7, 11) is 2.05. The number of aromatic nitrogens is 1. The van der Waals surface area contributed by atoms with Gasteiger partial charge in [0.2, 0.25) is 0 Å². The zero-order valence-corrected chi connectivity index (χ0v) is 12.0. The molecular formula is C14H22ClN3. The summed E-state index contributed by atoms with van der Waals surface area (Å²) < 4.78 is 0. The molecule has 4 heteroatoms. The molecule has 0 aliphatic heterocycles. The lowest BCUT2D eigenvalue weighted by Gasteiger charge is -2.19. The fourth-order valence-electron chi connectivity index (χ4n) is 1.66. The van der Waals surface area contributed by atoms with Gasteiger partial charge in [-0.3, -0.25) is 0 Å². The molecule has 0 fully saturated rings. The number of rotatable bonds is 8. The molecule has 1 aromatic rings. The monoisotopic (exact) mass is 267 g/mol. The van der Waals surface area contributed by atoms with E-state index in [0.717, 1.165) is 48.9 Å². The van der Waals surface area contributed by atoms with Crippen LogP contribution >= 0.6 is 11.6 Å². The van der Waals surface area contributed by atoms with Crippen molar-refractivity contribution >= 4 is 17.4 Å². The second kappa shape index (κ2) is 8.11. The van der Waals surface area contributed by atoms with Crippen molar-refractivity contribution in [1.29, 1.82) is 0 Å². The quantitative estimate of drug-likeness (QED) is 0.579. The van der Waals surface area contributed by atoms with Crippen LogP contribution in [0, 0.1) is 0 Å². The topological polar surface area (TPSA) is 28.2 Å². The molecule has 18 heavy (non-hydrogen) atoms. The van der Waals surface area contributed by atoms with Crippen molar-refractivity contribution in [3.05, 3.63) is 35.5 Å². The zero-order chi connectivity index (χ0) is 13.4. The Hall–Kier alpha value is -1.06. The van der Waals surface area contributed by atoms with Gasteiger partial charge in [0.25, 0.3) is 0 Å². The Balaban J connectivity index is 2.67. The average Bonchev–Trinajstić information content (AvgIpc) is 2.38. The lowest BCUT2D eigenvalue weighted by molar-refractivity contribution is 0.724. The van der Waals surface area contributed by atoms with Gasteiger partial charge in [-0.25, -0.2) is 4.98 Å². The van der Waals surface area contributed by atoms with E-state index in [1.54, 1.807) is 6.20 Å². The molecule has 0 aliphatic rings. The summed E-state index contributed by atoms with van der Waals surface area (Å²) in [6.07, 6.45) is 5.79. The first-order valence-electron chi connectivity index (χ1n) is 6.36. The van der Waals surface area contributed by atoms with Crippen LogP contribution in [0.25, 0.3) is 0 Å². The van der Waals surface area contributed by atoms with Crippen LogP contribution in [0.1, 0.15) is 25.3 Å². The number of pyridine rings is 1. The largest absolute Gasteiger partial charge is 0.360 e. The fourth-order valence-corrected chi connectivity index (χ4v) is 1.83. The van der Waals surface area contributed by atoms with Crippen LogP contribution in [0.15, 0.2) is 24.9 Å². The molecule has 0 saturated heterocycles. The first kappa shape index (κ1) is 15.0.